The minimum absolute atomic E-state index is 0.227. The maximum atomic E-state index is 11.6. The van der Waals surface area contributed by atoms with Crippen LogP contribution in [0.2, 0.25) is 0 Å². The molecule has 6 N–H and O–H groups in total. The van der Waals surface area contributed by atoms with Gasteiger partial charge in [-0.15, -0.1) is 0 Å². The fourth-order valence-electron chi connectivity index (χ4n) is 3.85. The number of rotatable bonds is 6. The topological polar surface area (TPSA) is 192 Å². The van der Waals surface area contributed by atoms with Crippen LogP contribution in [0.25, 0.3) is 0 Å². The molecular weight excluding hydrogens is 408 g/mol. The van der Waals surface area contributed by atoms with Gasteiger partial charge >= 0.3 is 11.9 Å². The molecule has 1 saturated heterocycles. The second-order valence-corrected chi connectivity index (χ2v) is 7.28. The van der Waals surface area contributed by atoms with E-state index in [9.17, 15) is 40.2 Å². The van der Waals surface area contributed by atoms with E-state index in [0.717, 1.165) is 6.26 Å². The van der Waals surface area contributed by atoms with Crippen LogP contribution in [-0.4, -0.2) is 98.9 Å². The van der Waals surface area contributed by atoms with Crippen LogP contribution in [0.15, 0.2) is 23.5 Å². The molecule has 3 rings (SSSR count). The van der Waals surface area contributed by atoms with E-state index in [1.807, 2.05) is 0 Å². The first-order valence-electron chi connectivity index (χ1n) is 9.22. The van der Waals surface area contributed by atoms with E-state index in [1.165, 1.54) is 13.0 Å². The molecule has 2 aliphatic heterocycles. The third-order valence-electron chi connectivity index (χ3n) is 5.36. The van der Waals surface area contributed by atoms with Crippen LogP contribution in [0.1, 0.15) is 6.92 Å². The average molecular weight is 432 g/mol. The number of aliphatic hydroxyl groups excluding tert-OH is 5. The molecule has 0 radical (unpaired) electrons. The van der Waals surface area contributed by atoms with Crippen LogP contribution >= 0.6 is 0 Å². The Balaban J connectivity index is 1.85. The highest BCUT2D eigenvalue weighted by molar-refractivity contribution is 5.87. The Kier molecular flexibility index (Phi) is 6.77. The third-order valence-corrected chi connectivity index (χ3v) is 5.36. The van der Waals surface area contributed by atoms with E-state index < -0.39 is 73.5 Å². The summed E-state index contributed by atoms with van der Waals surface area (Å²) in [5.74, 6) is -3.82. The fraction of sp³-hybridized carbons (Fsp3) is 0.667. The zero-order valence-electron chi connectivity index (χ0n) is 15.9. The van der Waals surface area contributed by atoms with Crippen molar-refractivity contribution in [2.45, 2.75) is 50.0 Å². The number of hydrogen-bond acceptors (Lipinski definition) is 11. The molecule has 1 fully saturated rings. The summed E-state index contributed by atoms with van der Waals surface area (Å²) in [5.41, 5.74) is 0.111. The second kappa shape index (κ2) is 8.98. The van der Waals surface area contributed by atoms with E-state index in [0.29, 0.717) is 5.57 Å². The Labute approximate surface area is 170 Å². The summed E-state index contributed by atoms with van der Waals surface area (Å²) in [6.07, 6.45) is -8.01. The number of carboxylic acids is 1. The highest BCUT2D eigenvalue weighted by Crippen LogP contribution is 2.44. The van der Waals surface area contributed by atoms with Crippen molar-refractivity contribution in [1.29, 1.82) is 0 Å². The SMILES string of the molecule is CC(=O)OCC1=C[C@H](O)[C@@H]2C(C(=O)O)=CO[C@@H](OC3OC(CO)C(O)C(O)C3O)[C@H]12. The normalized spacial score (nSPS) is 40.7. The minimum Gasteiger partial charge on any atom is -0.478 e. The van der Waals surface area contributed by atoms with Crippen LogP contribution in [-0.2, 0) is 28.5 Å². The highest BCUT2D eigenvalue weighted by Gasteiger charge is 2.52. The van der Waals surface area contributed by atoms with Gasteiger partial charge in [0.25, 0.3) is 0 Å². The molecule has 0 aromatic rings. The summed E-state index contributed by atoms with van der Waals surface area (Å²) in [6.45, 7) is 0.269. The van der Waals surface area contributed by atoms with Crippen molar-refractivity contribution in [3.8, 4) is 0 Å². The van der Waals surface area contributed by atoms with Crippen molar-refractivity contribution in [3.63, 3.8) is 0 Å². The quantitative estimate of drug-likeness (QED) is 0.187. The second-order valence-electron chi connectivity index (χ2n) is 7.28. The van der Waals surface area contributed by atoms with Crippen LogP contribution in [0.5, 0.6) is 0 Å². The lowest BCUT2D eigenvalue weighted by atomic mass is 9.82. The van der Waals surface area contributed by atoms with Crippen LogP contribution in [0.4, 0.5) is 0 Å². The van der Waals surface area contributed by atoms with E-state index in [-0.39, 0.29) is 12.2 Å². The van der Waals surface area contributed by atoms with Crippen molar-refractivity contribution in [2.24, 2.45) is 11.8 Å². The van der Waals surface area contributed by atoms with Gasteiger partial charge in [0.05, 0.1) is 30.5 Å². The summed E-state index contributed by atoms with van der Waals surface area (Å²) >= 11 is 0. The van der Waals surface area contributed by atoms with Gasteiger partial charge in [0.1, 0.15) is 31.0 Å². The van der Waals surface area contributed by atoms with E-state index >= 15 is 0 Å². The largest absolute Gasteiger partial charge is 0.478 e. The van der Waals surface area contributed by atoms with E-state index in [4.69, 9.17) is 18.9 Å². The number of carbonyl (C=O) groups is 2. The lowest BCUT2D eigenvalue weighted by Gasteiger charge is -2.43. The number of carbonyl (C=O) groups excluding carboxylic acids is 1. The number of carboxylic acid groups (broad SMARTS) is 1. The Morgan fingerprint density at radius 1 is 1.07 bits per heavy atom. The lowest BCUT2D eigenvalue weighted by molar-refractivity contribution is -0.340. The van der Waals surface area contributed by atoms with Gasteiger partial charge < -0.3 is 49.6 Å². The van der Waals surface area contributed by atoms with Gasteiger partial charge in [-0.05, 0) is 5.57 Å². The summed E-state index contributed by atoms with van der Waals surface area (Å²) in [7, 11) is 0. The Bertz CT molecular complexity index is 731. The van der Waals surface area contributed by atoms with Crippen LogP contribution in [0, 0.1) is 11.8 Å². The Hall–Kier alpha value is -2.06. The smallest absolute Gasteiger partial charge is 0.335 e. The molecule has 3 aliphatic rings. The predicted molar refractivity (Wildman–Crippen MR) is 93.1 cm³/mol. The Morgan fingerprint density at radius 2 is 1.77 bits per heavy atom. The van der Waals surface area contributed by atoms with Crippen molar-refractivity contribution < 1.29 is 59.2 Å². The maximum Gasteiger partial charge on any atom is 0.335 e. The molecule has 0 spiro atoms. The molecule has 2 heterocycles. The van der Waals surface area contributed by atoms with E-state index in [1.54, 1.807) is 0 Å². The number of ether oxygens (including phenoxy) is 4. The molecule has 5 unspecified atom stereocenters. The molecule has 0 bridgehead atoms. The highest BCUT2D eigenvalue weighted by atomic mass is 16.8. The minimum atomic E-state index is -1.71. The summed E-state index contributed by atoms with van der Waals surface area (Å²) in [6, 6.07) is 0. The van der Waals surface area contributed by atoms with Gasteiger partial charge in [-0.1, -0.05) is 6.08 Å². The summed E-state index contributed by atoms with van der Waals surface area (Å²) < 4.78 is 21.3. The predicted octanol–water partition coefficient (Wildman–Crippen LogP) is -2.78. The molecule has 0 aromatic heterocycles. The van der Waals surface area contributed by atoms with E-state index in [2.05, 4.69) is 0 Å². The molecule has 0 amide bonds. The number of esters is 1. The molecule has 1 aliphatic carbocycles. The molecule has 0 aromatic carbocycles. The lowest BCUT2D eigenvalue weighted by Crippen LogP contribution is -2.60. The Morgan fingerprint density at radius 3 is 2.37 bits per heavy atom. The summed E-state index contributed by atoms with van der Waals surface area (Å²) in [5, 5.41) is 59.1. The number of fused-ring (bicyclic) bond motifs is 1. The molecule has 30 heavy (non-hydrogen) atoms. The third kappa shape index (κ3) is 4.21. The van der Waals surface area contributed by atoms with Crippen molar-refractivity contribution >= 4 is 11.9 Å². The first-order valence-corrected chi connectivity index (χ1v) is 9.22. The molecule has 9 atom stereocenters. The summed E-state index contributed by atoms with van der Waals surface area (Å²) in [4.78, 5) is 22.7. The number of aliphatic hydroxyl groups is 5. The molecule has 168 valence electrons. The molecule has 12 heteroatoms. The standard InChI is InChI=1S/C18H24O12/c1-6(20)27-4-7-2-9(21)12-8(16(25)26)5-28-17(11(7)12)30-18-15(24)14(23)13(22)10(3-19)29-18/h2,5,9-15,17-19,21-24H,3-4H2,1H3,(H,25,26)/t9-,10?,11+,12-,13?,14?,15?,17-,18?/m0/s1. The van der Waals surface area contributed by atoms with Gasteiger partial charge in [-0.2, -0.15) is 0 Å². The van der Waals surface area contributed by atoms with Crippen molar-refractivity contribution in [2.75, 3.05) is 13.2 Å². The van der Waals surface area contributed by atoms with Crippen molar-refractivity contribution in [1.82, 2.24) is 0 Å². The number of aliphatic carboxylic acids is 1. The average Bonchev–Trinajstić information content (AvgIpc) is 3.03. The number of hydrogen-bond donors (Lipinski definition) is 6. The zero-order valence-corrected chi connectivity index (χ0v) is 15.9. The molecule has 0 saturated carbocycles. The van der Waals surface area contributed by atoms with Crippen molar-refractivity contribution in [3.05, 3.63) is 23.5 Å². The van der Waals surface area contributed by atoms with Crippen LogP contribution < -0.4 is 0 Å². The van der Waals surface area contributed by atoms with Gasteiger partial charge in [0.2, 0.25) is 6.29 Å². The van der Waals surface area contributed by atoms with Gasteiger partial charge in [0, 0.05) is 12.8 Å². The van der Waals surface area contributed by atoms with Crippen LogP contribution in [0.3, 0.4) is 0 Å². The van der Waals surface area contributed by atoms with Gasteiger partial charge in [-0.25, -0.2) is 4.79 Å². The molecular formula is C18H24O12. The van der Waals surface area contributed by atoms with Gasteiger partial charge in [0.15, 0.2) is 6.29 Å². The first-order chi connectivity index (χ1) is 14.1. The molecule has 12 nitrogen and oxygen atoms in total. The monoisotopic (exact) mass is 432 g/mol. The van der Waals surface area contributed by atoms with Gasteiger partial charge in [-0.3, -0.25) is 4.79 Å². The maximum absolute atomic E-state index is 11.6. The fourth-order valence-corrected chi connectivity index (χ4v) is 3.85. The zero-order chi connectivity index (χ0) is 22.2. The first kappa shape index (κ1) is 22.6.